The van der Waals surface area contributed by atoms with Crippen LogP contribution in [0.2, 0.25) is 5.02 Å². The first-order valence-electron chi connectivity index (χ1n) is 10.00. The number of carbonyl (C=O) groups is 1. The minimum absolute atomic E-state index is 0.0286. The highest BCUT2D eigenvalue weighted by molar-refractivity contribution is 7.90. The fourth-order valence-corrected chi connectivity index (χ4v) is 4.24. The highest BCUT2D eigenvalue weighted by Crippen LogP contribution is 2.31. The third-order valence-corrected chi connectivity index (χ3v) is 6.53. The number of hydrogen-bond acceptors (Lipinski definition) is 6. The Bertz CT molecular complexity index is 1030. The van der Waals surface area contributed by atoms with E-state index >= 15 is 0 Å². The van der Waals surface area contributed by atoms with Crippen LogP contribution in [0.4, 0.5) is 5.82 Å². The number of amides is 1. The Labute approximate surface area is 183 Å². The normalized spacial score (nSPS) is 14.8. The van der Waals surface area contributed by atoms with Gasteiger partial charge in [-0.2, -0.15) is 0 Å². The van der Waals surface area contributed by atoms with Gasteiger partial charge in [-0.05, 0) is 30.5 Å². The standard InChI is InChI=1S/C21H27ClN4O3S/c1-4-16-11-15(2)21(24-13-16)17-12-19(23-14-18(17)22)25-6-8-26(9-7-25)20(27)5-10-30(3,28)29/h11-14H,4-10H2,1-3H3. The lowest BCUT2D eigenvalue weighted by Gasteiger charge is -2.35. The summed E-state index contributed by atoms with van der Waals surface area (Å²) < 4.78 is 22.6. The van der Waals surface area contributed by atoms with Gasteiger partial charge in [0.2, 0.25) is 5.91 Å². The number of pyridine rings is 2. The molecule has 0 aliphatic carbocycles. The van der Waals surface area contributed by atoms with Gasteiger partial charge in [0, 0.05) is 56.8 Å². The lowest BCUT2D eigenvalue weighted by atomic mass is 10.0. The summed E-state index contributed by atoms with van der Waals surface area (Å²) >= 11 is 6.43. The molecule has 7 nitrogen and oxygen atoms in total. The summed E-state index contributed by atoms with van der Waals surface area (Å²) in [7, 11) is -3.14. The van der Waals surface area contributed by atoms with Crippen molar-refractivity contribution in [2.75, 3.05) is 43.1 Å². The molecule has 0 atom stereocenters. The molecule has 1 saturated heterocycles. The largest absolute Gasteiger partial charge is 0.353 e. The van der Waals surface area contributed by atoms with E-state index in [1.165, 1.54) is 5.56 Å². The number of sulfone groups is 1. The molecular formula is C21H27ClN4O3S. The van der Waals surface area contributed by atoms with Gasteiger partial charge in [-0.25, -0.2) is 13.4 Å². The molecule has 1 amide bonds. The van der Waals surface area contributed by atoms with Gasteiger partial charge in [0.25, 0.3) is 0 Å². The van der Waals surface area contributed by atoms with Crippen molar-refractivity contribution in [3.63, 3.8) is 0 Å². The quantitative estimate of drug-likeness (QED) is 0.672. The van der Waals surface area contributed by atoms with Crippen molar-refractivity contribution < 1.29 is 13.2 Å². The molecule has 0 spiro atoms. The maximum absolute atomic E-state index is 12.3. The fraction of sp³-hybridized carbons (Fsp3) is 0.476. The minimum atomic E-state index is -3.14. The average molecular weight is 451 g/mol. The molecule has 9 heteroatoms. The van der Waals surface area contributed by atoms with E-state index in [4.69, 9.17) is 11.6 Å². The molecule has 0 aromatic carbocycles. The first-order valence-corrected chi connectivity index (χ1v) is 12.4. The number of nitrogens with zero attached hydrogens (tertiary/aromatic N) is 4. The van der Waals surface area contributed by atoms with Gasteiger partial charge < -0.3 is 9.80 Å². The summed E-state index contributed by atoms with van der Waals surface area (Å²) in [6.45, 7) is 6.44. The van der Waals surface area contributed by atoms with Crippen LogP contribution in [0.25, 0.3) is 11.3 Å². The molecule has 0 bridgehead atoms. The van der Waals surface area contributed by atoms with Crippen LogP contribution in [0.1, 0.15) is 24.5 Å². The van der Waals surface area contributed by atoms with Crippen molar-refractivity contribution >= 4 is 33.2 Å². The maximum Gasteiger partial charge on any atom is 0.223 e. The van der Waals surface area contributed by atoms with Crippen LogP contribution in [0.5, 0.6) is 0 Å². The summed E-state index contributed by atoms with van der Waals surface area (Å²) in [5.41, 5.74) is 3.93. The van der Waals surface area contributed by atoms with Gasteiger partial charge in [0.05, 0.1) is 16.5 Å². The van der Waals surface area contributed by atoms with Gasteiger partial charge in [-0.3, -0.25) is 9.78 Å². The summed E-state index contributed by atoms with van der Waals surface area (Å²) in [6, 6.07) is 4.07. The van der Waals surface area contributed by atoms with E-state index in [0.717, 1.165) is 35.3 Å². The number of aryl methyl sites for hydroxylation is 2. The van der Waals surface area contributed by atoms with Crippen LogP contribution in [0.15, 0.2) is 24.5 Å². The molecule has 0 N–H and O–H groups in total. The molecule has 2 aromatic rings. The van der Waals surface area contributed by atoms with Crippen molar-refractivity contribution in [1.82, 2.24) is 14.9 Å². The number of carbonyl (C=O) groups excluding carboxylic acids is 1. The second-order valence-electron chi connectivity index (χ2n) is 7.63. The first kappa shape index (κ1) is 22.5. The molecule has 1 aliphatic rings. The van der Waals surface area contributed by atoms with Crippen LogP contribution in [0, 0.1) is 6.92 Å². The van der Waals surface area contributed by atoms with Gasteiger partial charge in [0.1, 0.15) is 15.7 Å². The van der Waals surface area contributed by atoms with E-state index < -0.39 is 9.84 Å². The molecule has 0 unspecified atom stereocenters. The van der Waals surface area contributed by atoms with Gasteiger partial charge >= 0.3 is 0 Å². The Morgan fingerprint density at radius 1 is 1.13 bits per heavy atom. The molecule has 3 rings (SSSR count). The summed E-state index contributed by atoms with van der Waals surface area (Å²) in [5, 5.41) is 0.549. The second-order valence-corrected chi connectivity index (χ2v) is 10.3. The Morgan fingerprint density at radius 3 is 2.43 bits per heavy atom. The zero-order chi connectivity index (χ0) is 21.9. The number of hydrogen-bond donors (Lipinski definition) is 0. The lowest BCUT2D eigenvalue weighted by molar-refractivity contribution is -0.131. The highest BCUT2D eigenvalue weighted by Gasteiger charge is 2.23. The monoisotopic (exact) mass is 450 g/mol. The summed E-state index contributed by atoms with van der Waals surface area (Å²) in [4.78, 5) is 25.2. The van der Waals surface area contributed by atoms with Crippen LogP contribution < -0.4 is 4.90 Å². The van der Waals surface area contributed by atoms with Crippen molar-refractivity contribution in [2.45, 2.75) is 26.7 Å². The topological polar surface area (TPSA) is 83.5 Å². The van der Waals surface area contributed by atoms with Crippen LogP contribution >= 0.6 is 11.6 Å². The fourth-order valence-electron chi connectivity index (χ4n) is 3.51. The maximum atomic E-state index is 12.3. The highest BCUT2D eigenvalue weighted by atomic mass is 35.5. The lowest BCUT2D eigenvalue weighted by Crippen LogP contribution is -2.49. The molecule has 30 heavy (non-hydrogen) atoms. The van der Waals surface area contributed by atoms with Crippen molar-refractivity contribution in [1.29, 1.82) is 0 Å². The molecule has 2 aromatic heterocycles. The third kappa shape index (κ3) is 5.49. The zero-order valence-corrected chi connectivity index (χ0v) is 19.1. The molecule has 0 radical (unpaired) electrons. The van der Waals surface area contributed by atoms with E-state index in [1.807, 2.05) is 19.2 Å². The molecule has 0 saturated carbocycles. The van der Waals surface area contributed by atoms with Crippen molar-refractivity contribution in [3.8, 4) is 11.3 Å². The van der Waals surface area contributed by atoms with Gasteiger partial charge in [0.15, 0.2) is 0 Å². The van der Waals surface area contributed by atoms with E-state index in [1.54, 1.807) is 11.1 Å². The van der Waals surface area contributed by atoms with Crippen molar-refractivity contribution in [3.05, 3.63) is 40.7 Å². The summed E-state index contributed by atoms with van der Waals surface area (Å²) in [6.07, 6.45) is 5.62. The van der Waals surface area contributed by atoms with E-state index in [2.05, 4.69) is 27.9 Å². The minimum Gasteiger partial charge on any atom is -0.353 e. The third-order valence-electron chi connectivity index (χ3n) is 5.28. The molecule has 162 valence electrons. The van der Waals surface area contributed by atoms with Crippen molar-refractivity contribution in [2.24, 2.45) is 0 Å². The zero-order valence-electron chi connectivity index (χ0n) is 17.6. The Balaban J connectivity index is 1.71. The van der Waals surface area contributed by atoms with E-state index in [-0.39, 0.29) is 18.1 Å². The van der Waals surface area contributed by atoms with Crippen LogP contribution in [-0.2, 0) is 21.1 Å². The number of piperazine rings is 1. The molecule has 3 heterocycles. The number of rotatable bonds is 6. The predicted molar refractivity (Wildman–Crippen MR) is 120 cm³/mol. The Morgan fingerprint density at radius 2 is 1.83 bits per heavy atom. The Hall–Kier alpha value is -2.19. The van der Waals surface area contributed by atoms with Crippen LogP contribution in [0.3, 0.4) is 0 Å². The number of anilines is 1. The smallest absolute Gasteiger partial charge is 0.223 e. The predicted octanol–water partition coefficient (Wildman–Crippen LogP) is 2.75. The Kier molecular flexibility index (Phi) is 6.98. The van der Waals surface area contributed by atoms with E-state index in [9.17, 15) is 13.2 Å². The summed E-state index contributed by atoms with van der Waals surface area (Å²) in [5.74, 6) is 0.552. The average Bonchev–Trinajstić information content (AvgIpc) is 2.72. The second kappa shape index (κ2) is 9.31. The number of halogens is 1. The molecule has 1 fully saturated rings. The van der Waals surface area contributed by atoms with Crippen LogP contribution in [-0.4, -0.2) is 67.4 Å². The van der Waals surface area contributed by atoms with Gasteiger partial charge in [-0.15, -0.1) is 0 Å². The van der Waals surface area contributed by atoms with Gasteiger partial charge in [-0.1, -0.05) is 24.6 Å². The number of aromatic nitrogens is 2. The van der Waals surface area contributed by atoms with E-state index in [0.29, 0.717) is 31.2 Å². The molecule has 1 aliphatic heterocycles. The molecular weight excluding hydrogens is 424 g/mol. The first-order chi connectivity index (χ1) is 14.2. The SMILES string of the molecule is CCc1cnc(-c2cc(N3CCN(C(=O)CCS(C)(=O)=O)CC3)ncc2Cl)c(C)c1.